The van der Waals surface area contributed by atoms with Crippen molar-refractivity contribution in [2.75, 3.05) is 0 Å². The van der Waals surface area contributed by atoms with Crippen LogP contribution in [0.1, 0.15) is 16.7 Å². The summed E-state index contributed by atoms with van der Waals surface area (Å²) in [6.07, 6.45) is 0. The number of hydrogen-bond acceptors (Lipinski definition) is 4. The van der Waals surface area contributed by atoms with Crippen molar-refractivity contribution in [3.8, 4) is 11.5 Å². The van der Waals surface area contributed by atoms with Gasteiger partial charge in [0.2, 0.25) is 0 Å². The zero-order valence-corrected chi connectivity index (χ0v) is 18.1. The van der Waals surface area contributed by atoms with Crippen LogP contribution < -0.4 is 0 Å². The molecule has 29 heavy (non-hydrogen) atoms. The Kier molecular flexibility index (Phi) is 5.98. The molecule has 0 saturated heterocycles. The standard InChI is InChI=1S/C19H12Cl4O5S/c20-11-5-10(6-12(21)7-11)19(29(26,27)28,13-3-1-2-4-17(13)24)14-8-15(22)16(23)9-18(14)25/h1-9,24-25H,(H,26,27,28). The third kappa shape index (κ3) is 3.77. The fraction of sp³-hybridized carbons (Fsp3) is 0.0526. The highest BCUT2D eigenvalue weighted by atomic mass is 35.5. The van der Waals surface area contributed by atoms with Crippen LogP contribution in [0.5, 0.6) is 11.5 Å². The topological polar surface area (TPSA) is 94.8 Å². The number of para-hydroxylation sites is 1. The molecule has 0 fully saturated rings. The van der Waals surface area contributed by atoms with E-state index in [4.69, 9.17) is 46.4 Å². The maximum absolute atomic E-state index is 12.9. The summed E-state index contributed by atoms with van der Waals surface area (Å²) in [5.41, 5.74) is -0.739. The second-order valence-corrected chi connectivity index (χ2v) is 9.36. The van der Waals surface area contributed by atoms with Crippen molar-refractivity contribution in [1.29, 1.82) is 0 Å². The van der Waals surface area contributed by atoms with Crippen molar-refractivity contribution in [1.82, 2.24) is 0 Å². The Hall–Kier alpha value is -1.67. The molecule has 152 valence electrons. The second kappa shape index (κ2) is 7.87. The first kappa shape index (κ1) is 22.0. The first-order valence-electron chi connectivity index (χ1n) is 7.89. The van der Waals surface area contributed by atoms with Gasteiger partial charge in [0.25, 0.3) is 10.1 Å². The average molecular weight is 494 g/mol. The Morgan fingerprint density at radius 1 is 0.724 bits per heavy atom. The van der Waals surface area contributed by atoms with Gasteiger partial charge >= 0.3 is 0 Å². The highest BCUT2D eigenvalue weighted by Crippen LogP contribution is 2.51. The van der Waals surface area contributed by atoms with Crippen LogP contribution in [0.15, 0.2) is 54.6 Å². The van der Waals surface area contributed by atoms with Crippen LogP contribution in [-0.2, 0) is 14.9 Å². The van der Waals surface area contributed by atoms with E-state index < -0.39 is 26.4 Å². The number of benzene rings is 3. The molecule has 1 unspecified atom stereocenters. The van der Waals surface area contributed by atoms with Gasteiger partial charge in [0.05, 0.1) is 10.0 Å². The van der Waals surface area contributed by atoms with Crippen LogP contribution in [0.3, 0.4) is 0 Å². The maximum Gasteiger partial charge on any atom is 0.283 e. The molecule has 0 heterocycles. The SMILES string of the molecule is O=S(=O)(O)C(c1cc(Cl)cc(Cl)c1)(c1ccccc1O)c1cc(Cl)c(Cl)cc1O. The van der Waals surface area contributed by atoms with Crippen LogP contribution in [0, 0.1) is 0 Å². The summed E-state index contributed by atoms with van der Waals surface area (Å²) in [4.78, 5) is 0. The summed E-state index contributed by atoms with van der Waals surface area (Å²) in [5, 5.41) is 21.1. The molecular formula is C19H12Cl4O5S. The molecule has 0 radical (unpaired) electrons. The van der Waals surface area contributed by atoms with Crippen molar-refractivity contribution in [2.24, 2.45) is 0 Å². The van der Waals surface area contributed by atoms with Crippen molar-refractivity contribution >= 4 is 56.5 Å². The molecule has 3 rings (SSSR count). The Balaban J connectivity index is 2.63. The van der Waals surface area contributed by atoms with Crippen molar-refractivity contribution < 1.29 is 23.2 Å². The Morgan fingerprint density at radius 2 is 1.28 bits per heavy atom. The number of hydrogen-bond donors (Lipinski definition) is 3. The van der Waals surface area contributed by atoms with Gasteiger partial charge in [-0.2, -0.15) is 8.42 Å². The number of halogens is 4. The number of phenols is 2. The predicted molar refractivity (Wildman–Crippen MR) is 114 cm³/mol. The summed E-state index contributed by atoms with van der Waals surface area (Å²) < 4.78 is 33.8. The van der Waals surface area contributed by atoms with Crippen molar-refractivity contribution in [2.45, 2.75) is 4.75 Å². The smallest absolute Gasteiger partial charge is 0.283 e. The molecule has 3 aromatic rings. The van der Waals surface area contributed by atoms with Gasteiger partial charge < -0.3 is 10.2 Å². The van der Waals surface area contributed by atoms with Crippen LogP contribution in [0.4, 0.5) is 0 Å². The van der Waals surface area contributed by atoms with Gasteiger partial charge in [-0.25, -0.2) is 0 Å². The zero-order valence-electron chi connectivity index (χ0n) is 14.3. The number of phenolic OH excluding ortho intramolecular Hbond substituents is 2. The molecule has 0 amide bonds. The molecule has 0 aliphatic carbocycles. The second-order valence-electron chi connectivity index (χ2n) is 6.11. The molecule has 3 aromatic carbocycles. The molecule has 0 bridgehead atoms. The fourth-order valence-corrected chi connectivity index (χ4v) is 5.38. The highest BCUT2D eigenvalue weighted by molar-refractivity contribution is 7.87. The lowest BCUT2D eigenvalue weighted by Gasteiger charge is -2.33. The van der Waals surface area contributed by atoms with E-state index in [1.54, 1.807) is 0 Å². The number of rotatable bonds is 4. The molecule has 0 aliphatic rings. The van der Waals surface area contributed by atoms with Gasteiger partial charge in [-0.15, -0.1) is 0 Å². The van der Waals surface area contributed by atoms with E-state index in [0.717, 1.165) is 12.1 Å². The molecule has 0 spiro atoms. The van der Waals surface area contributed by atoms with Gasteiger partial charge in [-0.3, -0.25) is 4.55 Å². The quantitative estimate of drug-likeness (QED) is 0.311. The molecule has 0 aliphatic heterocycles. The summed E-state index contributed by atoms with van der Waals surface area (Å²) in [7, 11) is -5.13. The van der Waals surface area contributed by atoms with E-state index in [2.05, 4.69) is 0 Å². The minimum absolute atomic E-state index is 0.0430. The Bertz CT molecular complexity index is 1190. The lowest BCUT2D eigenvalue weighted by Crippen LogP contribution is -2.38. The third-order valence-electron chi connectivity index (χ3n) is 4.36. The summed E-state index contributed by atoms with van der Waals surface area (Å²) in [5.74, 6) is -1.05. The largest absolute Gasteiger partial charge is 0.508 e. The molecular weight excluding hydrogens is 482 g/mol. The molecule has 3 N–H and O–H groups in total. The monoisotopic (exact) mass is 492 g/mol. The molecule has 0 aromatic heterocycles. The lowest BCUT2D eigenvalue weighted by molar-refractivity contribution is 0.428. The van der Waals surface area contributed by atoms with Crippen molar-refractivity contribution in [3.63, 3.8) is 0 Å². The Morgan fingerprint density at radius 3 is 1.83 bits per heavy atom. The minimum Gasteiger partial charge on any atom is -0.508 e. The van der Waals surface area contributed by atoms with Crippen LogP contribution >= 0.6 is 46.4 Å². The normalized spacial score (nSPS) is 13.8. The molecule has 0 saturated carbocycles. The van der Waals surface area contributed by atoms with Crippen molar-refractivity contribution in [3.05, 3.63) is 91.4 Å². The minimum atomic E-state index is -5.13. The first-order valence-corrected chi connectivity index (χ1v) is 10.8. The van der Waals surface area contributed by atoms with E-state index >= 15 is 0 Å². The van der Waals surface area contributed by atoms with Crippen LogP contribution in [-0.4, -0.2) is 23.2 Å². The lowest BCUT2D eigenvalue weighted by atomic mass is 9.83. The van der Waals surface area contributed by atoms with E-state index in [9.17, 15) is 23.2 Å². The van der Waals surface area contributed by atoms with Crippen LogP contribution in [0.25, 0.3) is 0 Å². The first-order chi connectivity index (χ1) is 13.5. The molecule has 5 nitrogen and oxygen atoms in total. The number of aromatic hydroxyl groups is 2. The highest BCUT2D eigenvalue weighted by Gasteiger charge is 2.52. The maximum atomic E-state index is 12.9. The van der Waals surface area contributed by atoms with Gasteiger partial charge in [0, 0.05) is 27.2 Å². The molecule has 1 atom stereocenters. The van der Waals surface area contributed by atoms with Gasteiger partial charge in [0.1, 0.15) is 11.5 Å². The zero-order chi connectivity index (χ0) is 21.6. The summed E-state index contributed by atoms with van der Waals surface area (Å²) >= 11 is 24.2. The predicted octanol–water partition coefficient (Wildman–Crippen LogP) is 5.89. The van der Waals surface area contributed by atoms with E-state index in [0.29, 0.717) is 0 Å². The Labute approximate surface area is 186 Å². The van der Waals surface area contributed by atoms with Crippen LogP contribution in [0.2, 0.25) is 20.1 Å². The van der Waals surface area contributed by atoms with Gasteiger partial charge in [0.15, 0.2) is 4.75 Å². The third-order valence-corrected chi connectivity index (χ3v) is 6.97. The van der Waals surface area contributed by atoms with E-state index in [1.165, 1.54) is 42.5 Å². The molecule has 10 heteroatoms. The van der Waals surface area contributed by atoms with Gasteiger partial charge in [-0.1, -0.05) is 64.6 Å². The average Bonchev–Trinajstić information content (AvgIpc) is 2.59. The van der Waals surface area contributed by atoms with Gasteiger partial charge in [-0.05, 0) is 35.9 Å². The summed E-state index contributed by atoms with van der Waals surface area (Å²) in [6, 6.07) is 11.4. The van der Waals surface area contributed by atoms with E-state index in [-0.39, 0.29) is 36.8 Å². The fourth-order valence-electron chi connectivity index (χ4n) is 3.23. The van der Waals surface area contributed by atoms with E-state index in [1.807, 2.05) is 0 Å². The summed E-state index contributed by atoms with van der Waals surface area (Å²) in [6.45, 7) is 0.